The average Bonchev–Trinajstić information content (AvgIpc) is 2.60. The van der Waals surface area contributed by atoms with Crippen LogP contribution in [0.3, 0.4) is 0 Å². The van der Waals surface area contributed by atoms with Gasteiger partial charge in [-0.2, -0.15) is 0 Å². The maximum absolute atomic E-state index is 12.1. The van der Waals surface area contributed by atoms with E-state index in [1.54, 1.807) is 12.3 Å². The molecule has 0 fully saturated rings. The number of aromatic nitrogens is 2. The Morgan fingerprint density at radius 1 is 1.08 bits per heavy atom. The molecule has 3 rings (SSSR count). The molecule has 0 aliphatic carbocycles. The van der Waals surface area contributed by atoms with Crippen molar-refractivity contribution < 1.29 is 14.3 Å². The van der Waals surface area contributed by atoms with E-state index in [4.69, 9.17) is 9.47 Å². The minimum atomic E-state index is -0.518. The van der Waals surface area contributed by atoms with Crippen molar-refractivity contribution in [3.63, 3.8) is 0 Å². The Morgan fingerprint density at radius 2 is 1.85 bits per heavy atom. The lowest BCUT2D eigenvalue weighted by atomic mass is 10.1. The summed E-state index contributed by atoms with van der Waals surface area (Å²) in [5.74, 6) is 0.126. The summed E-state index contributed by atoms with van der Waals surface area (Å²) in [6.07, 6.45) is 1.72. The minimum Gasteiger partial charge on any atom is -0.482 e. The molecule has 2 heterocycles. The van der Waals surface area contributed by atoms with E-state index in [2.05, 4.69) is 4.98 Å². The number of carbonyl (C=O) groups excluding carboxylic acids is 1. The summed E-state index contributed by atoms with van der Waals surface area (Å²) in [5.41, 5.74) is 3.75. The minimum absolute atomic E-state index is 0.0747. The van der Waals surface area contributed by atoms with Crippen LogP contribution in [0.5, 0.6) is 5.75 Å². The molecule has 6 nitrogen and oxygen atoms in total. The summed E-state index contributed by atoms with van der Waals surface area (Å²) in [5, 5.41) is 0. The van der Waals surface area contributed by atoms with Crippen molar-refractivity contribution >= 4 is 11.6 Å². The van der Waals surface area contributed by atoms with Crippen LogP contribution in [-0.2, 0) is 16.1 Å². The Hall–Kier alpha value is -3.15. The zero-order chi connectivity index (χ0) is 18.7. The molecule has 1 aromatic carbocycles. The number of rotatable bonds is 5. The summed E-state index contributed by atoms with van der Waals surface area (Å²) < 4.78 is 12.1. The van der Waals surface area contributed by atoms with Gasteiger partial charge >= 0.3 is 5.97 Å². The molecular weight excluding hydrogens is 332 g/mol. The molecule has 0 unspecified atom stereocenters. The van der Waals surface area contributed by atoms with E-state index >= 15 is 0 Å². The highest BCUT2D eigenvalue weighted by Crippen LogP contribution is 2.18. The highest BCUT2D eigenvalue weighted by atomic mass is 16.6. The number of esters is 1. The molecular formula is C20H20N2O4. The Balaban J connectivity index is 1.61. The van der Waals surface area contributed by atoms with E-state index < -0.39 is 5.97 Å². The molecule has 0 radical (unpaired) electrons. The van der Waals surface area contributed by atoms with Gasteiger partial charge in [-0.1, -0.05) is 23.8 Å². The first-order valence-electron chi connectivity index (χ1n) is 8.27. The molecule has 0 N–H and O–H groups in total. The molecule has 0 aliphatic heterocycles. The number of benzene rings is 1. The normalized spacial score (nSPS) is 10.7. The third-order valence-corrected chi connectivity index (χ3v) is 3.92. The number of nitrogens with zero attached hydrogens (tertiary/aromatic N) is 2. The van der Waals surface area contributed by atoms with Gasteiger partial charge in [-0.15, -0.1) is 0 Å². The number of hydrogen-bond donors (Lipinski definition) is 0. The van der Waals surface area contributed by atoms with E-state index in [1.165, 1.54) is 10.5 Å². The van der Waals surface area contributed by atoms with Crippen LogP contribution in [0.2, 0.25) is 0 Å². The molecule has 26 heavy (non-hydrogen) atoms. The maximum atomic E-state index is 12.1. The molecule has 2 aromatic heterocycles. The smallest absolute Gasteiger partial charge is 0.344 e. The molecule has 6 heteroatoms. The highest BCUT2D eigenvalue weighted by molar-refractivity contribution is 5.71. The van der Waals surface area contributed by atoms with Gasteiger partial charge in [0, 0.05) is 12.3 Å². The van der Waals surface area contributed by atoms with Crippen molar-refractivity contribution in [2.45, 2.75) is 27.4 Å². The first-order valence-corrected chi connectivity index (χ1v) is 8.27. The Kier molecular flexibility index (Phi) is 5.02. The molecule has 0 aliphatic rings. The second-order valence-corrected chi connectivity index (χ2v) is 6.24. The first-order chi connectivity index (χ1) is 12.4. The quantitative estimate of drug-likeness (QED) is 0.661. The van der Waals surface area contributed by atoms with Gasteiger partial charge in [-0.05, 0) is 44.0 Å². The topological polar surface area (TPSA) is 69.9 Å². The van der Waals surface area contributed by atoms with Crippen LogP contribution >= 0.6 is 0 Å². The number of fused-ring (bicyclic) bond motifs is 1. The lowest BCUT2D eigenvalue weighted by molar-refractivity contribution is -0.147. The van der Waals surface area contributed by atoms with Gasteiger partial charge in [-0.3, -0.25) is 9.20 Å². The monoisotopic (exact) mass is 352 g/mol. The predicted molar refractivity (Wildman–Crippen MR) is 97.4 cm³/mol. The number of carbonyl (C=O) groups is 1. The van der Waals surface area contributed by atoms with Crippen LogP contribution in [0.1, 0.15) is 22.4 Å². The van der Waals surface area contributed by atoms with Crippen molar-refractivity contribution in [3.05, 3.63) is 75.3 Å². The van der Waals surface area contributed by atoms with Gasteiger partial charge in [-0.25, -0.2) is 9.78 Å². The average molecular weight is 352 g/mol. The molecule has 3 aromatic rings. The highest BCUT2D eigenvalue weighted by Gasteiger charge is 2.09. The van der Waals surface area contributed by atoms with E-state index in [0.29, 0.717) is 17.1 Å². The number of ether oxygens (including phenoxy) is 2. The van der Waals surface area contributed by atoms with Crippen LogP contribution in [0, 0.1) is 20.8 Å². The van der Waals surface area contributed by atoms with Crippen LogP contribution in [0.25, 0.3) is 5.65 Å². The summed E-state index contributed by atoms with van der Waals surface area (Å²) in [7, 11) is 0. The lowest BCUT2D eigenvalue weighted by Crippen LogP contribution is -2.19. The van der Waals surface area contributed by atoms with E-state index in [-0.39, 0.29) is 18.8 Å². The molecule has 0 saturated carbocycles. The van der Waals surface area contributed by atoms with Crippen molar-refractivity contribution in [3.8, 4) is 5.75 Å². The molecule has 0 saturated heterocycles. The number of pyridine rings is 1. The molecule has 134 valence electrons. The fraction of sp³-hybridized carbons (Fsp3) is 0.250. The summed E-state index contributed by atoms with van der Waals surface area (Å²) in [4.78, 5) is 28.4. The second kappa shape index (κ2) is 7.39. The van der Waals surface area contributed by atoms with Gasteiger partial charge in [0.05, 0.1) is 5.69 Å². The predicted octanol–water partition coefficient (Wildman–Crippen LogP) is 2.74. The summed E-state index contributed by atoms with van der Waals surface area (Å²) in [6, 6.07) is 10.7. The summed E-state index contributed by atoms with van der Waals surface area (Å²) in [6.45, 7) is 5.54. The molecule has 0 amide bonds. The summed E-state index contributed by atoms with van der Waals surface area (Å²) >= 11 is 0. The Bertz CT molecular complexity index is 1020. The number of aryl methyl sites for hydroxylation is 3. The van der Waals surface area contributed by atoms with Crippen molar-refractivity contribution in [1.29, 1.82) is 0 Å². The van der Waals surface area contributed by atoms with Gasteiger partial charge in [0.1, 0.15) is 18.0 Å². The van der Waals surface area contributed by atoms with Crippen molar-refractivity contribution in [2.75, 3.05) is 6.61 Å². The third-order valence-electron chi connectivity index (χ3n) is 3.92. The van der Waals surface area contributed by atoms with Gasteiger partial charge in [0.25, 0.3) is 5.56 Å². The van der Waals surface area contributed by atoms with Gasteiger partial charge in [0.2, 0.25) is 0 Å². The third kappa shape index (κ3) is 4.08. The SMILES string of the molecule is Cc1ccc(OCC(=O)OCc2cc(=O)n3cc(C)ccc3n2)c(C)c1. The van der Waals surface area contributed by atoms with Crippen molar-refractivity contribution in [2.24, 2.45) is 0 Å². The van der Waals surface area contributed by atoms with Crippen LogP contribution in [0.4, 0.5) is 0 Å². The lowest BCUT2D eigenvalue weighted by Gasteiger charge is -2.10. The zero-order valence-electron chi connectivity index (χ0n) is 15.0. The van der Waals surface area contributed by atoms with Crippen molar-refractivity contribution in [1.82, 2.24) is 9.38 Å². The Morgan fingerprint density at radius 3 is 2.62 bits per heavy atom. The van der Waals surface area contributed by atoms with Crippen LogP contribution < -0.4 is 10.3 Å². The van der Waals surface area contributed by atoms with Crippen LogP contribution in [-0.4, -0.2) is 22.0 Å². The largest absolute Gasteiger partial charge is 0.482 e. The van der Waals surface area contributed by atoms with Gasteiger partial charge in [0.15, 0.2) is 6.61 Å². The van der Waals surface area contributed by atoms with E-state index in [1.807, 2.05) is 45.0 Å². The second-order valence-electron chi connectivity index (χ2n) is 6.24. The fourth-order valence-corrected chi connectivity index (χ4v) is 2.63. The van der Waals surface area contributed by atoms with Gasteiger partial charge < -0.3 is 9.47 Å². The molecule has 0 bridgehead atoms. The first kappa shape index (κ1) is 17.7. The maximum Gasteiger partial charge on any atom is 0.344 e. The number of hydrogen-bond acceptors (Lipinski definition) is 5. The standard InChI is InChI=1S/C20H20N2O4/c1-13-4-6-17(15(3)8-13)25-12-20(24)26-11-16-9-19(23)22-10-14(2)5-7-18(22)21-16/h4-10H,11-12H2,1-3H3. The van der Waals surface area contributed by atoms with Crippen LogP contribution in [0.15, 0.2) is 47.4 Å². The molecule has 0 atom stereocenters. The molecule has 0 spiro atoms. The Labute approximate surface area is 151 Å². The van der Waals surface area contributed by atoms with E-state index in [9.17, 15) is 9.59 Å². The van der Waals surface area contributed by atoms with E-state index in [0.717, 1.165) is 16.7 Å². The fourth-order valence-electron chi connectivity index (χ4n) is 2.63. The zero-order valence-corrected chi connectivity index (χ0v) is 15.0.